The van der Waals surface area contributed by atoms with Crippen LogP contribution in [0.3, 0.4) is 0 Å². The van der Waals surface area contributed by atoms with Crippen LogP contribution < -0.4 is 4.90 Å². The zero-order chi connectivity index (χ0) is 33.5. The van der Waals surface area contributed by atoms with Crippen molar-refractivity contribution in [1.29, 1.82) is 0 Å². The molecule has 0 amide bonds. The maximum absolute atomic E-state index is 6.23. The number of furan rings is 1. The van der Waals surface area contributed by atoms with Crippen LogP contribution in [0.4, 0.5) is 17.1 Å². The van der Waals surface area contributed by atoms with Crippen molar-refractivity contribution in [3.05, 3.63) is 187 Å². The van der Waals surface area contributed by atoms with Gasteiger partial charge < -0.3 is 13.9 Å². The number of rotatable bonds is 5. The lowest BCUT2D eigenvalue weighted by Crippen LogP contribution is -2.11. The molecule has 0 bridgehead atoms. The first kappa shape index (κ1) is 28.3. The third-order valence-electron chi connectivity index (χ3n) is 10.9. The predicted molar refractivity (Wildman–Crippen MR) is 212 cm³/mol. The molecule has 0 saturated heterocycles. The molecule has 1 unspecified atom stereocenters. The molecule has 0 fully saturated rings. The van der Waals surface area contributed by atoms with Crippen LogP contribution in [0, 0.1) is 0 Å². The van der Waals surface area contributed by atoms with Gasteiger partial charge in [-0.2, -0.15) is 0 Å². The van der Waals surface area contributed by atoms with Gasteiger partial charge in [0, 0.05) is 56.1 Å². The fourth-order valence-corrected chi connectivity index (χ4v) is 8.52. The summed E-state index contributed by atoms with van der Waals surface area (Å²) in [4.78, 5) is 2.40. The van der Waals surface area contributed by atoms with Gasteiger partial charge in [-0.05, 0) is 101 Å². The molecule has 1 aliphatic heterocycles. The smallest absolute Gasteiger partial charge is 0.136 e. The van der Waals surface area contributed by atoms with Crippen molar-refractivity contribution < 1.29 is 4.42 Å². The van der Waals surface area contributed by atoms with Crippen LogP contribution >= 0.6 is 0 Å². The number of hydrogen-bond donors (Lipinski definition) is 0. The van der Waals surface area contributed by atoms with E-state index in [4.69, 9.17) is 4.42 Å². The van der Waals surface area contributed by atoms with Crippen molar-refractivity contribution in [3.8, 4) is 27.9 Å². The quantitative estimate of drug-likeness (QED) is 0.184. The van der Waals surface area contributed by atoms with E-state index in [1.165, 1.54) is 44.5 Å². The summed E-state index contributed by atoms with van der Waals surface area (Å²) in [5.74, 6) is 0.338. The van der Waals surface area contributed by atoms with E-state index in [0.29, 0.717) is 5.92 Å². The lowest BCUT2D eigenvalue weighted by molar-refractivity contribution is 0.669. The van der Waals surface area contributed by atoms with Crippen LogP contribution in [-0.2, 0) is 0 Å². The summed E-state index contributed by atoms with van der Waals surface area (Å²) >= 11 is 0. The molecule has 240 valence electrons. The summed E-state index contributed by atoms with van der Waals surface area (Å²) in [5.41, 5.74) is 16.7. The van der Waals surface area contributed by atoms with Gasteiger partial charge in [0.05, 0.1) is 5.52 Å². The van der Waals surface area contributed by atoms with Gasteiger partial charge in [0.25, 0.3) is 0 Å². The molecular formula is C48H32N2O. The SMILES string of the molecule is C1=Cc2c3n(c4ccccc24)-c2ccc(N(c4ccc(-c5ccccc5)cc4)c4ccc(-c5ccc6c(c5)oc5ccccc56)cc4)cc2C3C1. The number of benzene rings is 7. The molecule has 2 aromatic heterocycles. The van der Waals surface area contributed by atoms with Gasteiger partial charge in [-0.25, -0.2) is 0 Å². The topological polar surface area (TPSA) is 21.3 Å². The summed E-state index contributed by atoms with van der Waals surface area (Å²) < 4.78 is 8.73. The fourth-order valence-electron chi connectivity index (χ4n) is 8.52. The van der Waals surface area contributed by atoms with Crippen LogP contribution in [0.5, 0.6) is 0 Å². The van der Waals surface area contributed by atoms with Crippen LogP contribution in [0.1, 0.15) is 29.2 Å². The van der Waals surface area contributed by atoms with Crippen LogP contribution in [0.25, 0.3) is 66.9 Å². The maximum Gasteiger partial charge on any atom is 0.136 e. The third-order valence-corrected chi connectivity index (χ3v) is 10.9. The molecule has 7 aromatic carbocycles. The zero-order valence-corrected chi connectivity index (χ0v) is 27.8. The van der Waals surface area contributed by atoms with Gasteiger partial charge in [0.1, 0.15) is 11.2 Å². The largest absolute Gasteiger partial charge is 0.456 e. The Morgan fingerprint density at radius 3 is 1.94 bits per heavy atom. The molecule has 2 aliphatic rings. The van der Waals surface area contributed by atoms with E-state index < -0.39 is 0 Å². The van der Waals surface area contributed by atoms with Crippen molar-refractivity contribution in [1.82, 2.24) is 4.57 Å². The molecule has 0 spiro atoms. The first-order chi connectivity index (χ1) is 25.3. The Morgan fingerprint density at radius 1 is 0.510 bits per heavy atom. The number of nitrogens with zero attached hydrogens (tertiary/aromatic N) is 2. The number of allylic oxidation sites excluding steroid dienone is 1. The van der Waals surface area contributed by atoms with Gasteiger partial charge >= 0.3 is 0 Å². The Balaban J connectivity index is 1.02. The summed E-state index contributed by atoms with van der Waals surface area (Å²) in [6, 6.07) is 59.2. The lowest BCUT2D eigenvalue weighted by Gasteiger charge is -2.27. The van der Waals surface area contributed by atoms with Crippen LogP contribution in [0.2, 0.25) is 0 Å². The monoisotopic (exact) mass is 652 g/mol. The highest BCUT2D eigenvalue weighted by atomic mass is 16.3. The van der Waals surface area contributed by atoms with E-state index in [0.717, 1.165) is 56.5 Å². The van der Waals surface area contributed by atoms with E-state index in [1.807, 2.05) is 12.1 Å². The lowest BCUT2D eigenvalue weighted by atomic mass is 9.87. The molecule has 0 saturated carbocycles. The molecule has 3 heteroatoms. The second-order valence-electron chi connectivity index (χ2n) is 13.7. The molecule has 11 rings (SSSR count). The highest BCUT2D eigenvalue weighted by Gasteiger charge is 2.35. The van der Waals surface area contributed by atoms with E-state index in [2.05, 4.69) is 173 Å². The highest BCUT2D eigenvalue weighted by molar-refractivity contribution is 6.06. The van der Waals surface area contributed by atoms with E-state index in [9.17, 15) is 0 Å². The minimum absolute atomic E-state index is 0.338. The van der Waals surface area contributed by atoms with Crippen molar-refractivity contribution in [2.45, 2.75) is 12.3 Å². The number of para-hydroxylation sites is 2. The molecule has 1 atom stereocenters. The summed E-state index contributed by atoms with van der Waals surface area (Å²) in [7, 11) is 0. The van der Waals surface area contributed by atoms with E-state index in [-0.39, 0.29) is 0 Å². The third kappa shape index (κ3) is 4.31. The van der Waals surface area contributed by atoms with Crippen LogP contribution in [0.15, 0.2) is 174 Å². The molecule has 51 heavy (non-hydrogen) atoms. The maximum atomic E-state index is 6.23. The Kier molecular flexibility index (Phi) is 6.08. The second kappa shape index (κ2) is 11.0. The van der Waals surface area contributed by atoms with Crippen molar-refractivity contribution >= 4 is 56.0 Å². The van der Waals surface area contributed by atoms with Gasteiger partial charge in [-0.3, -0.25) is 0 Å². The Hall–Kier alpha value is -6.58. The Morgan fingerprint density at radius 2 is 1.14 bits per heavy atom. The van der Waals surface area contributed by atoms with Crippen molar-refractivity contribution in [3.63, 3.8) is 0 Å². The molecule has 0 N–H and O–H groups in total. The minimum atomic E-state index is 0.338. The minimum Gasteiger partial charge on any atom is -0.456 e. The van der Waals surface area contributed by atoms with Crippen LogP contribution in [-0.4, -0.2) is 4.57 Å². The van der Waals surface area contributed by atoms with Gasteiger partial charge in [0.2, 0.25) is 0 Å². The first-order valence-corrected chi connectivity index (χ1v) is 17.7. The molecule has 3 nitrogen and oxygen atoms in total. The second-order valence-corrected chi connectivity index (χ2v) is 13.7. The Bertz CT molecular complexity index is 2820. The average molecular weight is 653 g/mol. The van der Waals surface area contributed by atoms with E-state index >= 15 is 0 Å². The summed E-state index contributed by atoms with van der Waals surface area (Å²) in [6.45, 7) is 0. The standard InChI is InChI=1S/C48H32N2O/c1-2-9-31(10-3-1)32-17-22-35(23-18-32)49(36-24-19-33(20-25-36)34-21-27-40-39-12-5-7-16-46(39)51-47(40)29-34)37-26-28-45-43(30-37)42-14-8-13-41-38-11-4-6-15-44(38)50(45)48(41)42/h1-13,15-30,42H,14H2. The number of aromatic nitrogens is 1. The summed E-state index contributed by atoms with van der Waals surface area (Å²) in [5, 5.41) is 3.63. The fraction of sp³-hybridized carbons (Fsp3) is 0.0417. The van der Waals surface area contributed by atoms with Crippen molar-refractivity contribution in [2.24, 2.45) is 0 Å². The Labute approximate surface area is 295 Å². The highest BCUT2D eigenvalue weighted by Crippen LogP contribution is 2.51. The van der Waals surface area contributed by atoms with Crippen molar-refractivity contribution in [2.75, 3.05) is 4.90 Å². The van der Waals surface area contributed by atoms with Gasteiger partial charge in [-0.15, -0.1) is 0 Å². The zero-order valence-electron chi connectivity index (χ0n) is 27.8. The number of fused-ring (bicyclic) bond motifs is 9. The van der Waals surface area contributed by atoms with E-state index in [1.54, 1.807) is 0 Å². The molecule has 1 aliphatic carbocycles. The number of anilines is 3. The predicted octanol–water partition coefficient (Wildman–Crippen LogP) is 13.2. The first-order valence-electron chi connectivity index (χ1n) is 17.7. The molecule has 9 aromatic rings. The molecule has 3 heterocycles. The molecular weight excluding hydrogens is 621 g/mol. The number of hydrogen-bond acceptors (Lipinski definition) is 2. The molecule has 0 radical (unpaired) electrons. The van der Waals surface area contributed by atoms with Gasteiger partial charge in [-0.1, -0.05) is 109 Å². The van der Waals surface area contributed by atoms with Gasteiger partial charge in [0.15, 0.2) is 0 Å². The normalized spacial score (nSPS) is 14.3. The summed E-state index contributed by atoms with van der Waals surface area (Å²) in [6.07, 6.45) is 5.69. The average Bonchev–Trinajstić information content (AvgIpc) is 3.86.